The quantitative estimate of drug-likeness (QED) is 0.899. The van der Waals surface area contributed by atoms with Crippen molar-refractivity contribution in [2.24, 2.45) is 7.05 Å². The average molecular weight is 330 g/mol. The van der Waals surface area contributed by atoms with Crippen LogP contribution in [0.2, 0.25) is 0 Å². The molecule has 0 bridgehead atoms. The second-order valence-electron chi connectivity index (χ2n) is 7.20. The van der Waals surface area contributed by atoms with Crippen molar-refractivity contribution in [3.05, 3.63) is 22.8 Å². The zero-order valence-corrected chi connectivity index (χ0v) is 14.7. The highest BCUT2D eigenvalue weighted by molar-refractivity contribution is 5.31. The second kappa shape index (κ2) is 6.25. The number of H-pyrrole nitrogens is 1. The highest BCUT2D eigenvalue weighted by Gasteiger charge is 2.31. The van der Waals surface area contributed by atoms with Crippen LogP contribution in [-0.4, -0.2) is 66.9 Å². The van der Waals surface area contributed by atoms with Crippen molar-refractivity contribution in [1.82, 2.24) is 40.2 Å². The molecule has 24 heavy (non-hydrogen) atoms. The standard InChI is InChI=1S/C16H26N8/c1-11(16-19-20-21-23(16)3)24-9-6-14-13(10-24)15(18-17-14)12-4-7-22(2)8-5-12/h11-12H,4-10H2,1-3H3,(H,17,18). The van der Waals surface area contributed by atoms with Gasteiger partial charge in [0.1, 0.15) is 0 Å². The Morgan fingerprint density at radius 1 is 1.17 bits per heavy atom. The smallest absolute Gasteiger partial charge is 0.167 e. The maximum Gasteiger partial charge on any atom is 0.167 e. The van der Waals surface area contributed by atoms with E-state index >= 15 is 0 Å². The summed E-state index contributed by atoms with van der Waals surface area (Å²) in [5, 5.41) is 19.9. The molecule has 1 fully saturated rings. The molecule has 8 heteroatoms. The molecule has 8 nitrogen and oxygen atoms in total. The summed E-state index contributed by atoms with van der Waals surface area (Å²) < 4.78 is 1.77. The first-order chi connectivity index (χ1) is 11.6. The molecule has 0 spiro atoms. The first-order valence-electron chi connectivity index (χ1n) is 8.84. The van der Waals surface area contributed by atoms with Crippen molar-refractivity contribution in [2.75, 3.05) is 26.7 Å². The highest BCUT2D eigenvalue weighted by atomic mass is 15.5. The highest BCUT2D eigenvalue weighted by Crippen LogP contribution is 2.34. The van der Waals surface area contributed by atoms with Crippen LogP contribution in [0, 0.1) is 0 Å². The zero-order valence-electron chi connectivity index (χ0n) is 14.7. The van der Waals surface area contributed by atoms with Crippen LogP contribution in [0.1, 0.15) is 54.5 Å². The van der Waals surface area contributed by atoms with E-state index in [1.165, 1.54) is 29.8 Å². The van der Waals surface area contributed by atoms with E-state index in [0.717, 1.165) is 38.4 Å². The fourth-order valence-corrected chi connectivity index (χ4v) is 4.04. The topological polar surface area (TPSA) is 78.8 Å². The van der Waals surface area contributed by atoms with Gasteiger partial charge in [-0.1, -0.05) is 0 Å². The molecule has 2 aliphatic heterocycles. The monoisotopic (exact) mass is 330 g/mol. The van der Waals surface area contributed by atoms with Crippen molar-refractivity contribution in [2.45, 2.75) is 44.7 Å². The summed E-state index contributed by atoms with van der Waals surface area (Å²) in [6, 6.07) is 0.207. The Labute approximate surface area is 142 Å². The number of aromatic amines is 1. The molecule has 1 unspecified atom stereocenters. The Kier molecular flexibility index (Phi) is 4.09. The SMILES string of the molecule is CC(c1nnnn1C)N1CCc2[nH]nc(C3CCN(C)CC3)c2C1. The van der Waals surface area contributed by atoms with Crippen LogP contribution in [-0.2, 0) is 20.0 Å². The van der Waals surface area contributed by atoms with Gasteiger partial charge in [0, 0.05) is 43.7 Å². The number of tetrazole rings is 1. The predicted octanol–water partition coefficient (Wildman–Crippen LogP) is 0.862. The number of nitrogens with zero attached hydrogens (tertiary/aromatic N) is 7. The fraction of sp³-hybridized carbons (Fsp3) is 0.750. The van der Waals surface area contributed by atoms with Crippen molar-refractivity contribution >= 4 is 0 Å². The van der Waals surface area contributed by atoms with E-state index < -0.39 is 0 Å². The number of aromatic nitrogens is 6. The molecule has 2 aliphatic rings. The summed E-state index contributed by atoms with van der Waals surface area (Å²) in [7, 11) is 4.11. The van der Waals surface area contributed by atoms with Crippen molar-refractivity contribution in [3.63, 3.8) is 0 Å². The minimum atomic E-state index is 0.207. The first kappa shape index (κ1) is 15.7. The number of nitrogens with one attached hydrogen (secondary N) is 1. The van der Waals surface area contributed by atoms with Gasteiger partial charge in [-0.2, -0.15) is 5.10 Å². The maximum atomic E-state index is 4.70. The first-order valence-corrected chi connectivity index (χ1v) is 8.84. The Morgan fingerprint density at radius 2 is 1.96 bits per heavy atom. The number of fused-ring (bicyclic) bond motifs is 1. The lowest BCUT2D eigenvalue weighted by atomic mass is 9.89. The van der Waals surface area contributed by atoms with E-state index in [9.17, 15) is 0 Å². The van der Waals surface area contributed by atoms with Gasteiger partial charge in [0.15, 0.2) is 5.82 Å². The molecule has 0 radical (unpaired) electrons. The number of hydrogen-bond acceptors (Lipinski definition) is 6. The van der Waals surface area contributed by atoms with Crippen LogP contribution in [0.15, 0.2) is 0 Å². The molecule has 4 heterocycles. The molecule has 4 rings (SSSR count). The van der Waals surface area contributed by atoms with Crippen LogP contribution in [0.5, 0.6) is 0 Å². The molecule has 2 aromatic heterocycles. The van der Waals surface area contributed by atoms with E-state index in [4.69, 9.17) is 5.10 Å². The number of piperidine rings is 1. The van der Waals surface area contributed by atoms with Gasteiger partial charge in [0.2, 0.25) is 0 Å². The summed E-state index contributed by atoms with van der Waals surface area (Å²) in [5.74, 6) is 1.51. The number of hydrogen-bond donors (Lipinski definition) is 1. The minimum absolute atomic E-state index is 0.207. The van der Waals surface area contributed by atoms with Crippen LogP contribution >= 0.6 is 0 Å². The third-order valence-electron chi connectivity index (χ3n) is 5.67. The summed E-state index contributed by atoms with van der Waals surface area (Å²) >= 11 is 0. The van der Waals surface area contributed by atoms with Gasteiger partial charge in [-0.3, -0.25) is 10.00 Å². The zero-order chi connectivity index (χ0) is 16.7. The molecule has 0 amide bonds. The number of likely N-dealkylation sites (tertiary alicyclic amines) is 1. The molecule has 1 atom stereocenters. The Balaban J connectivity index is 1.54. The van der Waals surface area contributed by atoms with Gasteiger partial charge in [-0.15, -0.1) is 5.10 Å². The lowest BCUT2D eigenvalue weighted by Crippen LogP contribution is -2.35. The predicted molar refractivity (Wildman–Crippen MR) is 89.4 cm³/mol. The Bertz CT molecular complexity index is 697. The largest absolute Gasteiger partial charge is 0.306 e. The van der Waals surface area contributed by atoms with Crippen LogP contribution in [0.25, 0.3) is 0 Å². The summed E-state index contributed by atoms with van der Waals surface area (Å²) in [6.45, 7) is 6.46. The summed E-state index contributed by atoms with van der Waals surface area (Å²) in [4.78, 5) is 4.87. The van der Waals surface area contributed by atoms with E-state index in [0.29, 0.717) is 5.92 Å². The number of rotatable bonds is 3. The van der Waals surface area contributed by atoms with Gasteiger partial charge in [-0.05, 0) is 50.3 Å². The molecule has 0 aromatic carbocycles. The molecule has 0 aliphatic carbocycles. The molecule has 2 aromatic rings. The average Bonchev–Trinajstić information content (AvgIpc) is 3.20. The van der Waals surface area contributed by atoms with Crippen LogP contribution < -0.4 is 0 Å². The Hall–Kier alpha value is -1.80. The van der Waals surface area contributed by atoms with E-state index in [-0.39, 0.29) is 6.04 Å². The third-order valence-corrected chi connectivity index (χ3v) is 5.67. The Morgan fingerprint density at radius 3 is 2.67 bits per heavy atom. The van der Waals surface area contributed by atoms with E-state index in [2.05, 4.69) is 44.4 Å². The minimum Gasteiger partial charge on any atom is -0.306 e. The van der Waals surface area contributed by atoms with Gasteiger partial charge in [0.25, 0.3) is 0 Å². The lowest BCUT2D eigenvalue weighted by Gasteiger charge is -2.33. The van der Waals surface area contributed by atoms with Crippen molar-refractivity contribution in [3.8, 4) is 0 Å². The fourth-order valence-electron chi connectivity index (χ4n) is 4.04. The van der Waals surface area contributed by atoms with Gasteiger partial charge in [-0.25, -0.2) is 4.68 Å². The molecule has 1 N–H and O–H groups in total. The van der Waals surface area contributed by atoms with Crippen LogP contribution in [0.4, 0.5) is 0 Å². The van der Waals surface area contributed by atoms with Gasteiger partial charge < -0.3 is 4.90 Å². The van der Waals surface area contributed by atoms with E-state index in [1.54, 1.807) is 4.68 Å². The van der Waals surface area contributed by atoms with E-state index in [1.807, 2.05) is 7.05 Å². The lowest BCUT2D eigenvalue weighted by molar-refractivity contribution is 0.179. The second-order valence-corrected chi connectivity index (χ2v) is 7.20. The normalized spacial score (nSPS) is 21.8. The van der Waals surface area contributed by atoms with Gasteiger partial charge in [0.05, 0.1) is 11.7 Å². The maximum absolute atomic E-state index is 4.70. The van der Waals surface area contributed by atoms with Crippen molar-refractivity contribution in [1.29, 1.82) is 0 Å². The number of aryl methyl sites for hydroxylation is 1. The molecule has 130 valence electrons. The molecule has 1 saturated heterocycles. The summed E-state index contributed by atoms with van der Waals surface area (Å²) in [5.41, 5.74) is 4.03. The third kappa shape index (κ3) is 2.73. The summed E-state index contributed by atoms with van der Waals surface area (Å²) in [6.07, 6.45) is 3.43. The molecular weight excluding hydrogens is 304 g/mol. The molecule has 0 saturated carbocycles. The van der Waals surface area contributed by atoms with Gasteiger partial charge >= 0.3 is 0 Å². The van der Waals surface area contributed by atoms with Crippen molar-refractivity contribution < 1.29 is 0 Å². The van der Waals surface area contributed by atoms with Crippen LogP contribution in [0.3, 0.4) is 0 Å². The molecular formula is C16H26N8.